The number of furan rings is 2. The highest BCUT2D eigenvalue weighted by molar-refractivity contribution is 5.94. The molecule has 0 fully saturated rings. The van der Waals surface area contributed by atoms with Crippen molar-refractivity contribution in [2.75, 3.05) is 0 Å². The van der Waals surface area contributed by atoms with Gasteiger partial charge in [-0.2, -0.15) is 0 Å². The standard InChI is InChI=1S/C15H12N2O5/c18-14(5-6-15(19)20)17-11(13-4-2-8-22-13)9-10(16-17)12-3-1-7-21-12/h1-9,11,16H,(H,19,20)/p-1/t11-/m0/s1. The van der Waals surface area contributed by atoms with Crippen LogP contribution in [0, 0.1) is 0 Å². The largest absolute Gasteiger partial charge is 0.545 e. The normalized spacial score (nSPS) is 17.5. The molecule has 0 spiro atoms. The summed E-state index contributed by atoms with van der Waals surface area (Å²) in [5.74, 6) is -0.912. The lowest BCUT2D eigenvalue weighted by Gasteiger charge is -2.22. The number of rotatable bonds is 4. The highest BCUT2D eigenvalue weighted by Crippen LogP contribution is 2.31. The van der Waals surface area contributed by atoms with Crippen molar-refractivity contribution in [3.05, 3.63) is 66.5 Å². The minimum Gasteiger partial charge on any atom is -0.545 e. The summed E-state index contributed by atoms with van der Waals surface area (Å²) in [7, 11) is 0. The smallest absolute Gasteiger partial charge is 0.265 e. The molecule has 22 heavy (non-hydrogen) atoms. The van der Waals surface area contributed by atoms with Crippen LogP contribution < -0.4 is 10.5 Å². The molecule has 7 nitrogen and oxygen atoms in total. The maximum Gasteiger partial charge on any atom is 0.265 e. The average molecular weight is 299 g/mol. The van der Waals surface area contributed by atoms with Crippen LogP contribution in [0.3, 0.4) is 0 Å². The Kier molecular flexibility index (Phi) is 3.53. The maximum atomic E-state index is 12.2. The number of hydrazine groups is 1. The van der Waals surface area contributed by atoms with Gasteiger partial charge >= 0.3 is 0 Å². The molecule has 2 aromatic heterocycles. The molecule has 0 saturated carbocycles. The number of aliphatic carboxylic acids is 1. The van der Waals surface area contributed by atoms with Crippen LogP contribution in [0.1, 0.15) is 17.6 Å². The second-order valence-corrected chi connectivity index (χ2v) is 4.49. The Morgan fingerprint density at radius 2 is 1.95 bits per heavy atom. The fraction of sp³-hybridized carbons (Fsp3) is 0.0667. The van der Waals surface area contributed by atoms with E-state index in [1.165, 1.54) is 17.5 Å². The molecule has 1 aliphatic rings. The second-order valence-electron chi connectivity index (χ2n) is 4.49. The third-order valence-corrected chi connectivity index (χ3v) is 3.06. The van der Waals surface area contributed by atoms with E-state index in [2.05, 4.69) is 5.43 Å². The molecule has 112 valence electrons. The van der Waals surface area contributed by atoms with Crippen molar-refractivity contribution >= 4 is 17.6 Å². The van der Waals surface area contributed by atoms with Gasteiger partial charge in [-0.1, -0.05) is 0 Å². The van der Waals surface area contributed by atoms with Gasteiger partial charge < -0.3 is 18.7 Å². The number of carbonyl (C=O) groups excluding carboxylic acids is 2. The van der Waals surface area contributed by atoms with E-state index in [0.29, 0.717) is 23.3 Å². The lowest BCUT2D eigenvalue weighted by molar-refractivity contribution is -0.297. The molecule has 7 heteroatoms. The summed E-state index contributed by atoms with van der Waals surface area (Å²) in [6, 6.07) is 6.36. The van der Waals surface area contributed by atoms with Crippen molar-refractivity contribution in [3.8, 4) is 0 Å². The van der Waals surface area contributed by atoms with E-state index in [-0.39, 0.29) is 0 Å². The van der Waals surface area contributed by atoms with Crippen molar-refractivity contribution in [3.63, 3.8) is 0 Å². The van der Waals surface area contributed by atoms with Gasteiger partial charge in [-0.25, -0.2) is 5.01 Å². The van der Waals surface area contributed by atoms with Gasteiger partial charge in [0.15, 0.2) is 5.76 Å². The van der Waals surface area contributed by atoms with Crippen LogP contribution in [-0.2, 0) is 9.59 Å². The van der Waals surface area contributed by atoms with Crippen LogP contribution >= 0.6 is 0 Å². The molecule has 1 N–H and O–H groups in total. The molecule has 3 heterocycles. The number of carbonyl (C=O) groups is 2. The van der Waals surface area contributed by atoms with E-state index < -0.39 is 17.9 Å². The number of hydrogen-bond donors (Lipinski definition) is 1. The Labute approximate surface area is 125 Å². The topological polar surface area (TPSA) is 98.8 Å². The number of amides is 1. The summed E-state index contributed by atoms with van der Waals surface area (Å²) in [5, 5.41) is 11.7. The molecule has 0 unspecified atom stereocenters. The Balaban J connectivity index is 1.89. The first kappa shape index (κ1) is 13.7. The van der Waals surface area contributed by atoms with Gasteiger partial charge in [0.1, 0.15) is 11.8 Å². The van der Waals surface area contributed by atoms with Crippen LogP contribution in [0.15, 0.2) is 63.9 Å². The minimum absolute atomic E-state index is 0.519. The van der Waals surface area contributed by atoms with Crippen LogP contribution in [0.25, 0.3) is 5.70 Å². The zero-order valence-electron chi connectivity index (χ0n) is 11.3. The van der Waals surface area contributed by atoms with E-state index in [9.17, 15) is 14.7 Å². The van der Waals surface area contributed by atoms with E-state index in [1.807, 2.05) is 0 Å². The molecule has 1 amide bonds. The molecule has 2 aromatic rings. The Hall–Kier alpha value is -3.22. The van der Waals surface area contributed by atoms with Gasteiger partial charge in [-0.15, -0.1) is 0 Å². The number of carboxylic acids is 1. The minimum atomic E-state index is -1.44. The Morgan fingerprint density at radius 1 is 1.18 bits per heavy atom. The van der Waals surface area contributed by atoms with E-state index >= 15 is 0 Å². The van der Waals surface area contributed by atoms with Crippen molar-refractivity contribution in [1.82, 2.24) is 10.4 Å². The van der Waals surface area contributed by atoms with Crippen molar-refractivity contribution < 1.29 is 23.5 Å². The molecule has 0 radical (unpaired) electrons. The number of carboxylic acid groups (broad SMARTS) is 1. The summed E-state index contributed by atoms with van der Waals surface area (Å²) in [6.45, 7) is 0. The predicted molar refractivity (Wildman–Crippen MR) is 72.3 cm³/mol. The average Bonchev–Trinajstić information content (AvgIpc) is 3.23. The third kappa shape index (κ3) is 2.64. The summed E-state index contributed by atoms with van der Waals surface area (Å²) in [4.78, 5) is 22.6. The first-order valence-electron chi connectivity index (χ1n) is 6.43. The van der Waals surface area contributed by atoms with Gasteiger partial charge in [0.2, 0.25) is 0 Å². The summed E-state index contributed by atoms with van der Waals surface area (Å²) in [5.41, 5.74) is 3.47. The van der Waals surface area contributed by atoms with Crippen LogP contribution in [0.5, 0.6) is 0 Å². The first-order valence-corrected chi connectivity index (χ1v) is 6.43. The summed E-state index contributed by atoms with van der Waals surface area (Å²) >= 11 is 0. The SMILES string of the molecule is O=C([O-])C=CC(=O)N1NC(c2ccco2)=C[C@H]1c1ccco1. The van der Waals surface area contributed by atoms with Gasteiger partial charge in [0.05, 0.1) is 24.2 Å². The van der Waals surface area contributed by atoms with Crippen LogP contribution in [-0.4, -0.2) is 16.9 Å². The zero-order valence-corrected chi connectivity index (χ0v) is 11.3. The monoisotopic (exact) mass is 299 g/mol. The Bertz CT molecular complexity index is 728. The molecule has 0 aliphatic carbocycles. The maximum absolute atomic E-state index is 12.2. The number of nitrogens with zero attached hydrogens (tertiary/aromatic N) is 1. The molecule has 0 saturated heterocycles. The molecular formula is C15H11N2O5-. The second kappa shape index (κ2) is 5.65. The fourth-order valence-corrected chi connectivity index (χ4v) is 2.12. The van der Waals surface area contributed by atoms with E-state index in [4.69, 9.17) is 8.83 Å². The fourth-order valence-electron chi connectivity index (χ4n) is 2.12. The molecule has 3 rings (SSSR count). The lowest BCUT2D eigenvalue weighted by Crippen LogP contribution is -2.38. The first-order chi connectivity index (χ1) is 10.6. The lowest BCUT2D eigenvalue weighted by atomic mass is 10.2. The molecule has 0 bridgehead atoms. The molecule has 1 atom stereocenters. The van der Waals surface area contributed by atoms with Gasteiger partial charge in [0, 0.05) is 6.08 Å². The van der Waals surface area contributed by atoms with Crippen LogP contribution in [0.2, 0.25) is 0 Å². The third-order valence-electron chi connectivity index (χ3n) is 3.06. The highest BCUT2D eigenvalue weighted by atomic mass is 16.4. The predicted octanol–water partition coefficient (Wildman–Crippen LogP) is 0.608. The summed E-state index contributed by atoms with van der Waals surface area (Å²) < 4.78 is 10.6. The van der Waals surface area contributed by atoms with Crippen molar-refractivity contribution in [2.24, 2.45) is 0 Å². The van der Waals surface area contributed by atoms with E-state index in [0.717, 1.165) is 6.08 Å². The Morgan fingerprint density at radius 3 is 2.59 bits per heavy atom. The van der Waals surface area contributed by atoms with Gasteiger partial charge in [-0.05, 0) is 36.4 Å². The van der Waals surface area contributed by atoms with Crippen molar-refractivity contribution in [1.29, 1.82) is 0 Å². The highest BCUT2D eigenvalue weighted by Gasteiger charge is 2.32. The molecular weight excluding hydrogens is 288 g/mol. The van der Waals surface area contributed by atoms with Gasteiger partial charge in [0.25, 0.3) is 5.91 Å². The van der Waals surface area contributed by atoms with Gasteiger partial charge in [-0.3, -0.25) is 10.2 Å². The number of hydrogen-bond acceptors (Lipinski definition) is 6. The quantitative estimate of drug-likeness (QED) is 0.830. The van der Waals surface area contributed by atoms with E-state index in [1.54, 1.807) is 30.3 Å². The summed E-state index contributed by atoms with van der Waals surface area (Å²) in [6.07, 6.45) is 6.35. The molecule has 1 aliphatic heterocycles. The molecule has 0 aromatic carbocycles. The zero-order chi connectivity index (χ0) is 15.5. The van der Waals surface area contributed by atoms with Crippen LogP contribution in [0.4, 0.5) is 0 Å². The van der Waals surface area contributed by atoms with Crippen molar-refractivity contribution in [2.45, 2.75) is 6.04 Å². The number of nitrogens with one attached hydrogen (secondary N) is 1.